The summed E-state index contributed by atoms with van der Waals surface area (Å²) in [6, 6.07) is 4.28. The van der Waals surface area contributed by atoms with Crippen LogP contribution < -0.4 is 14.8 Å². The minimum atomic E-state index is -3.53. The molecule has 3 amide bonds. The van der Waals surface area contributed by atoms with Crippen LogP contribution in [-0.4, -0.2) is 50.7 Å². The molecule has 10 heteroatoms. The Kier molecular flexibility index (Phi) is 8.31. The topological polar surface area (TPSA) is 105 Å². The van der Waals surface area contributed by atoms with E-state index in [1.54, 1.807) is 12.1 Å². The Morgan fingerprint density at radius 2 is 1.83 bits per heavy atom. The second kappa shape index (κ2) is 11.2. The molecule has 0 unspecified atom stereocenters. The van der Waals surface area contributed by atoms with Crippen LogP contribution >= 0.6 is 0 Å². The van der Waals surface area contributed by atoms with Crippen molar-refractivity contribution >= 4 is 22.0 Å². The van der Waals surface area contributed by atoms with Gasteiger partial charge in [0.15, 0.2) is 11.6 Å². The van der Waals surface area contributed by atoms with Gasteiger partial charge in [-0.1, -0.05) is 38.2 Å². The van der Waals surface area contributed by atoms with Gasteiger partial charge in [-0.3, -0.25) is 10.1 Å². The SMILES string of the molecule is O=C1CN(CCCCCS(=O)(=O)NC2(c3ccc(F)c(OCC4CCCCCC4)c3)CC2)C(=O)N1. The zero-order chi connectivity index (χ0) is 24.9. The summed E-state index contributed by atoms with van der Waals surface area (Å²) in [5, 5.41) is 2.22. The van der Waals surface area contributed by atoms with Crippen LogP contribution in [0.5, 0.6) is 5.75 Å². The highest BCUT2D eigenvalue weighted by molar-refractivity contribution is 7.89. The van der Waals surface area contributed by atoms with Gasteiger partial charge in [-0.25, -0.2) is 22.3 Å². The zero-order valence-electron chi connectivity index (χ0n) is 20.2. The molecule has 3 aliphatic rings. The Labute approximate surface area is 207 Å². The molecule has 2 N–H and O–H groups in total. The molecule has 1 aromatic carbocycles. The number of urea groups is 1. The van der Waals surface area contributed by atoms with Crippen LogP contribution in [0.1, 0.15) is 76.2 Å². The van der Waals surface area contributed by atoms with E-state index in [0.29, 0.717) is 51.2 Å². The molecule has 0 atom stereocenters. The third kappa shape index (κ3) is 7.16. The van der Waals surface area contributed by atoms with Crippen molar-refractivity contribution in [3.8, 4) is 5.75 Å². The lowest BCUT2D eigenvalue weighted by molar-refractivity contribution is -0.118. The van der Waals surface area contributed by atoms with Crippen LogP contribution in [0.3, 0.4) is 0 Å². The van der Waals surface area contributed by atoms with Gasteiger partial charge in [-0.15, -0.1) is 0 Å². The number of ether oxygens (including phenoxy) is 1. The quantitative estimate of drug-likeness (QED) is 0.253. The normalized spacial score (nSPS) is 20.5. The Bertz CT molecular complexity index is 1020. The smallest absolute Gasteiger partial charge is 0.324 e. The number of hydrogen-bond acceptors (Lipinski definition) is 5. The van der Waals surface area contributed by atoms with Gasteiger partial charge in [0, 0.05) is 6.54 Å². The molecule has 4 rings (SSSR count). The van der Waals surface area contributed by atoms with Crippen molar-refractivity contribution in [3.63, 3.8) is 0 Å². The van der Waals surface area contributed by atoms with Gasteiger partial charge < -0.3 is 9.64 Å². The molecule has 194 valence electrons. The summed E-state index contributed by atoms with van der Waals surface area (Å²) in [7, 11) is -3.53. The number of sulfonamides is 1. The first-order valence-electron chi connectivity index (χ1n) is 12.8. The second-order valence-electron chi connectivity index (χ2n) is 10.2. The lowest BCUT2D eigenvalue weighted by Crippen LogP contribution is -2.36. The minimum absolute atomic E-state index is 0.0217. The number of imide groups is 1. The molecular weight excluding hydrogens is 473 g/mol. The van der Waals surface area contributed by atoms with Crippen molar-refractivity contribution in [1.29, 1.82) is 0 Å². The molecular formula is C25H36FN3O5S. The maximum atomic E-state index is 14.4. The number of carbonyl (C=O) groups is 2. The Balaban J connectivity index is 1.26. The molecule has 1 aromatic rings. The molecule has 3 fully saturated rings. The number of carbonyl (C=O) groups excluding carboxylic acids is 2. The second-order valence-corrected chi connectivity index (χ2v) is 12.0. The third-order valence-electron chi connectivity index (χ3n) is 7.24. The summed E-state index contributed by atoms with van der Waals surface area (Å²) in [6.45, 7) is 0.978. The fraction of sp³-hybridized carbons (Fsp3) is 0.680. The summed E-state index contributed by atoms with van der Waals surface area (Å²) >= 11 is 0. The number of nitrogens with zero attached hydrogens (tertiary/aromatic N) is 1. The molecule has 1 heterocycles. The summed E-state index contributed by atoms with van der Waals surface area (Å²) in [4.78, 5) is 24.2. The highest BCUT2D eigenvalue weighted by Crippen LogP contribution is 2.47. The van der Waals surface area contributed by atoms with E-state index in [1.807, 2.05) is 0 Å². The van der Waals surface area contributed by atoms with Gasteiger partial charge in [0.1, 0.15) is 6.54 Å². The standard InChI is InChI=1S/C25H36FN3O5S/c26-21-11-10-20(16-22(21)34-18-19-8-4-1-2-5-9-19)25(12-13-25)28-35(32,33)15-7-3-6-14-29-17-23(30)27-24(29)31/h10-11,16,19,28H,1-9,12-15,17-18H2,(H,27,30,31). The predicted octanol–water partition coefficient (Wildman–Crippen LogP) is 3.81. The molecule has 0 bridgehead atoms. The van der Waals surface area contributed by atoms with E-state index < -0.39 is 27.4 Å². The van der Waals surface area contributed by atoms with Crippen LogP contribution in [0.4, 0.5) is 9.18 Å². The summed E-state index contributed by atoms with van der Waals surface area (Å²) in [6.07, 6.45) is 10.1. The first-order valence-corrected chi connectivity index (χ1v) is 14.4. The van der Waals surface area contributed by atoms with Crippen molar-refractivity contribution in [2.45, 2.75) is 76.2 Å². The maximum absolute atomic E-state index is 14.4. The van der Waals surface area contributed by atoms with Crippen LogP contribution in [0, 0.1) is 11.7 Å². The number of benzene rings is 1. The molecule has 2 aliphatic carbocycles. The molecule has 0 radical (unpaired) electrons. The summed E-state index contributed by atoms with van der Waals surface area (Å²) in [5.74, 6) is -0.118. The number of unbranched alkanes of at least 4 members (excludes halogenated alkanes) is 2. The van der Waals surface area contributed by atoms with Crippen LogP contribution in [0.2, 0.25) is 0 Å². The zero-order valence-corrected chi connectivity index (χ0v) is 21.0. The summed E-state index contributed by atoms with van der Waals surface area (Å²) < 4.78 is 48.7. The highest BCUT2D eigenvalue weighted by atomic mass is 32.2. The van der Waals surface area contributed by atoms with Crippen molar-refractivity contribution in [3.05, 3.63) is 29.6 Å². The van der Waals surface area contributed by atoms with Gasteiger partial charge in [-0.2, -0.15) is 0 Å². The minimum Gasteiger partial charge on any atom is -0.490 e. The monoisotopic (exact) mass is 509 g/mol. The van der Waals surface area contributed by atoms with Crippen molar-refractivity contribution in [2.75, 3.05) is 25.4 Å². The average molecular weight is 510 g/mol. The lowest BCUT2D eigenvalue weighted by atomic mass is 10.0. The van der Waals surface area contributed by atoms with E-state index in [0.717, 1.165) is 18.4 Å². The van der Waals surface area contributed by atoms with Gasteiger partial charge in [0.2, 0.25) is 15.9 Å². The lowest BCUT2D eigenvalue weighted by Gasteiger charge is -2.20. The molecule has 0 spiro atoms. The van der Waals surface area contributed by atoms with Gasteiger partial charge in [0.05, 0.1) is 17.9 Å². The van der Waals surface area contributed by atoms with Crippen LogP contribution in [0.15, 0.2) is 18.2 Å². The maximum Gasteiger partial charge on any atom is 0.324 e. The van der Waals surface area contributed by atoms with E-state index in [-0.39, 0.29) is 24.0 Å². The summed E-state index contributed by atoms with van der Waals surface area (Å²) in [5.41, 5.74) is 0.0455. The third-order valence-corrected chi connectivity index (χ3v) is 8.77. The molecule has 1 aliphatic heterocycles. The fourth-order valence-electron chi connectivity index (χ4n) is 5.01. The first-order chi connectivity index (χ1) is 16.8. The Morgan fingerprint density at radius 3 is 2.49 bits per heavy atom. The van der Waals surface area contributed by atoms with E-state index in [2.05, 4.69) is 10.0 Å². The number of rotatable bonds is 12. The van der Waals surface area contributed by atoms with Gasteiger partial charge in [-0.05, 0) is 62.1 Å². The number of hydrogen-bond donors (Lipinski definition) is 2. The molecule has 2 saturated carbocycles. The van der Waals surface area contributed by atoms with E-state index >= 15 is 0 Å². The van der Waals surface area contributed by atoms with E-state index in [4.69, 9.17) is 4.74 Å². The van der Waals surface area contributed by atoms with Crippen molar-refractivity contribution in [1.82, 2.24) is 14.9 Å². The molecule has 8 nitrogen and oxygen atoms in total. The van der Waals surface area contributed by atoms with Crippen LogP contribution in [0.25, 0.3) is 0 Å². The Morgan fingerprint density at radius 1 is 1.09 bits per heavy atom. The highest BCUT2D eigenvalue weighted by Gasteiger charge is 2.47. The molecule has 1 saturated heterocycles. The van der Waals surface area contributed by atoms with Gasteiger partial charge in [0.25, 0.3) is 0 Å². The molecule has 0 aromatic heterocycles. The van der Waals surface area contributed by atoms with E-state index in [9.17, 15) is 22.4 Å². The van der Waals surface area contributed by atoms with E-state index in [1.165, 1.54) is 36.6 Å². The number of nitrogens with one attached hydrogen (secondary N) is 2. The van der Waals surface area contributed by atoms with Crippen LogP contribution in [-0.2, 0) is 20.4 Å². The largest absolute Gasteiger partial charge is 0.490 e. The predicted molar refractivity (Wildman–Crippen MR) is 130 cm³/mol. The van der Waals surface area contributed by atoms with Gasteiger partial charge >= 0.3 is 6.03 Å². The first kappa shape index (κ1) is 25.9. The Hall–Kier alpha value is -2.20. The average Bonchev–Trinajstić information content (AvgIpc) is 3.56. The van der Waals surface area contributed by atoms with Crippen molar-refractivity contribution < 1.29 is 27.1 Å². The fourth-order valence-corrected chi connectivity index (χ4v) is 6.61. The number of halogens is 1. The number of amides is 3. The molecule has 35 heavy (non-hydrogen) atoms. The van der Waals surface area contributed by atoms with Crippen molar-refractivity contribution in [2.24, 2.45) is 5.92 Å².